The molecule has 1 atom stereocenters. The van der Waals surface area contributed by atoms with Gasteiger partial charge in [0.15, 0.2) is 0 Å². The molecule has 1 amide bonds. The van der Waals surface area contributed by atoms with Gasteiger partial charge in [-0.05, 0) is 30.0 Å². The molecule has 0 radical (unpaired) electrons. The molecule has 2 aromatic rings. The number of carbonyl (C=O) groups excluding carboxylic acids is 1. The molecule has 3 N–H and O–H groups in total. The van der Waals surface area contributed by atoms with Crippen molar-refractivity contribution in [1.29, 1.82) is 0 Å². The fourth-order valence-corrected chi connectivity index (χ4v) is 2.72. The summed E-state index contributed by atoms with van der Waals surface area (Å²) in [6.45, 7) is 2.10. The first-order valence-electron chi connectivity index (χ1n) is 6.27. The van der Waals surface area contributed by atoms with Gasteiger partial charge in [-0.2, -0.15) is 0 Å². The average molecular weight is 275 g/mol. The Bertz CT molecular complexity index is 539. The van der Waals surface area contributed by atoms with E-state index in [1.165, 1.54) is 0 Å². The van der Waals surface area contributed by atoms with Gasteiger partial charge >= 0.3 is 0 Å². The van der Waals surface area contributed by atoms with E-state index in [0.717, 1.165) is 17.7 Å². The van der Waals surface area contributed by atoms with E-state index in [0.29, 0.717) is 5.56 Å². The number of amides is 1. The lowest BCUT2D eigenvalue weighted by Crippen LogP contribution is -2.28. The van der Waals surface area contributed by atoms with Gasteiger partial charge in [-0.1, -0.05) is 19.4 Å². The Balaban J connectivity index is 2.14. The lowest BCUT2D eigenvalue weighted by molar-refractivity contribution is 0.0936. The molecule has 0 bridgehead atoms. The molecule has 1 unspecified atom stereocenters. The molecule has 0 aliphatic carbocycles. The van der Waals surface area contributed by atoms with Crippen molar-refractivity contribution in [1.82, 2.24) is 10.3 Å². The molecule has 4 nitrogen and oxygen atoms in total. The molecule has 0 aliphatic rings. The molecule has 0 fully saturated rings. The van der Waals surface area contributed by atoms with Gasteiger partial charge < -0.3 is 11.1 Å². The molecule has 2 rings (SSSR count). The highest BCUT2D eigenvalue weighted by Crippen LogP contribution is 2.24. The van der Waals surface area contributed by atoms with Crippen LogP contribution in [0.15, 0.2) is 35.8 Å². The van der Waals surface area contributed by atoms with Gasteiger partial charge in [0, 0.05) is 11.1 Å². The Morgan fingerprint density at radius 2 is 2.32 bits per heavy atom. The van der Waals surface area contributed by atoms with Crippen molar-refractivity contribution in [3.8, 4) is 0 Å². The summed E-state index contributed by atoms with van der Waals surface area (Å²) in [5.74, 6) is 0.0962. The van der Waals surface area contributed by atoms with Crippen molar-refractivity contribution in [2.24, 2.45) is 0 Å². The molecule has 2 aromatic heterocycles. The molecular weight excluding hydrogens is 258 g/mol. The number of nitrogens with zero attached hydrogens (tertiary/aromatic N) is 1. The van der Waals surface area contributed by atoms with Crippen LogP contribution in [0.5, 0.6) is 0 Å². The Morgan fingerprint density at radius 1 is 1.47 bits per heavy atom. The van der Waals surface area contributed by atoms with Crippen molar-refractivity contribution in [2.75, 3.05) is 5.73 Å². The number of nitrogens with one attached hydrogen (secondary N) is 1. The summed E-state index contributed by atoms with van der Waals surface area (Å²) < 4.78 is 0. The summed E-state index contributed by atoms with van der Waals surface area (Å²) in [4.78, 5) is 17.3. The van der Waals surface area contributed by atoms with Crippen molar-refractivity contribution in [2.45, 2.75) is 25.8 Å². The lowest BCUT2D eigenvalue weighted by Gasteiger charge is -2.17. The second-order valence-electron chi connectivity index (χ2n) is 4.27. The monoisotopic (exact) mass is 275 g/mol. The van der Waals surface area contributed by atoms with Crippen LogP contribution in [0.1, 0.15) is 41.0 Å². The van der Waals surface area contributed by atoms with Crippen LogP contribution in [0.4, 0.5) is 5.82 Å². The van der Waals surface area contributed by atoms with Crippen LogP contribution in [0.2, 0.25) is 0 Å². The topological polar surface area (TPSA) is 68.0 Å². The first-order valence-corrected chi connectivity index (χ1v) is 7.15. The minimum Gasteiger partial charge on any atom is -0.383 e. The average Bonchev–Trinajstić information content (AvgIpc) is 2.92. The minimum absolute atomic E-state index is 0.0390. The Morgan fingerprint density at radius 3 is 2.95 bits per heavy atom. The van der Waals surface area contributed by atoms with Crippen LogP contribution in [-0.2, 0) is 0 Å². The minimum atomic E-state index is -0.169. The second-order valence-corrected chi connectivity index (χ2v) is 5.25. The molecular formula is C14H17N3OS. The summed E-state index contributed by atoms with van der Waals surface area (Å²) in [6, 6.07) is 7.47. The van der Waals surface area contributed by atoms with E-state index < -0.39 is 0 Å². The maximum atomic E-state index is 12.2. The van der Waals surface area contributed by atoms with Gasteiger partial charge in [-0.3, -0.25) is 4.79 Å². The van der Waals surface area contributed by atoms with Crippen LogP contribution in [-0.4, -0.2) is 10.9 Å². The van der Waals surface area contributed by atoms with Gasteiger partial charge in [0.25, 0.3) is 5.91 Å². The van der Waals surface area contributed by atoms with E-state index in [1.54, 1.807) is 29.7 Å². The first kappa shape index (κ1) is 13.5. The van der Waals surface area contributed by atoms with E-state index in [-0.39, 0.29) is 17.8 Å². The quantitative estimate of drug-likeness (QED) is 0.881. The maximum absolute atomic E-state index is 12.2. The van der Waals surface area contributed by atoms with Crippen LogP contribution in [0.3, 0.4) is 0 Å². The number of thiophene rings is 1. The van der Waals surface area contributed by atoms with Crippen molar-refractivity contribution in [3.63, 3.8) is 0 Å². The van der Waals surface area contributed by atoms with Gasteiger partial charge in [-0.15, -0.1) is 11.3 Å². The molecule has 0 spiro atoms. The lowest BCUT2D eigenvalue weighted by atomic mass is 10.1. The molecule has 5 heteroatoms. The number of hydrogen-bond acceptors (Lipinski definition) is 4. The zero-order valence-corrected chi connectivity index (χ0v) is 11.6. The highest BCUT2D eigenvalue weighted by Gasteiger charge is 2.17. The number of pyridine rings is 1. The highest BCUT2D eigenvalue weighted by atomic mass is 32.1. The predicted octanol–water partition coefficient (Wildman–Crippen LogP) is 3.00. The maximum Gasteiger partial charge on any atom is 0.255 e. The largest absolute Gasteiger partial charge is 0.383 e. The summed E-state index contributed by atoms with van der Waals surface area (Å²) >= 11 is 1.65. The van der Waals surface area contributed by atoms with Gasteiger partial charge in [0.2, 0.25) is 0 Å². The number of anilines is 1. The fourth-order valence-electron chi connectivity index (χ4n) is 1.91. The van der Waals surface area contributed by atoms with E-state index in [2.05, 4.69) is 17.2 Å². The normalized spacial score (nSPS) is 12.1. The number of aromatic nitrogens is 1. The zero-order valence-electron chi connectivity index (χ0n) is 10.8. The molecule has 0 saturated carbocycles. The number of carbonyl (C=O) groups is 1. The van der Waals surface area contributed by atoms with E-state index >= 15 is 0 Å². The molecule has 19 heavy (non-hydrogen) atoms. The Labute approximate surface area is 116 Å². The van der Waals surface area contributed by atoms with E-state index in [4.69, 9.17) is 5.73 Å². The third-order valence-corrected chi connectivity index (χ3v) is 3.84. The van der Waals surface area contributed by atoms with Crippen LogP contribution in [0, 0.1) is 0 Å². The fraction of sp³-hybridized carbons (Fsp3) is 0.286. The standard InChI is InChI=1S/C14H17N3OS/c1-2-5-11(12-7-4-9-19-12)17-14(18)10-6-3-8-16-13(10)15/h3-4,6-9,11H,2,5H2,1H3,(H2,15,16)(H,17,18). The Hall–Kier alpha value is -1.88. The molecule has 0 aromatic carbocycles. The number of rotatable bonds is 5. The van der Waals surface area contributed by atoms with Gasteiger partial charge in [-0.25, -0.2) is 4.98 Å². The van der Waals surface area contributed by atoms with Crippen LogP contribution < -0.4 is 11.1 Å². The smallest absolute Gasteiger partial charge is 0.255 e. The number of nitrogen functional groups attached to an aromatic ring is 1. The number of nitrogens with two attached hydrogens (primary N) is 1. The zero-order chi connectivity index (χ0) is 13.7. The van der Waals surface area contributed by atoms with Crippen molar-refractivity contribution in [3.05, 3.63) is 46.3 Å². The second kappa shape index (κ2) is 6.33. The Kier molecular flexibility index (Phi) is 4.52. The SMILES string of the molecule is CCCC(NC(=O)c1cccnc1N)c1cccs1. The van der Waals surface area contributed by atoms with E-state index in [1.807, 2.05) is 17.5 Å². The summed E-state index contributed by atoms with van der Waals surface area (Å²) in [6.07, 6.45) is 3.49. The summed E-state index contributed by atoms with van der Waals surface area (Å²) in [5, 5.41) is 5.05. The predicted molar refractivity (Wildman–Crippen MR) is 78.1 cm³/mol. The number of hydrogen-bond donors (Lipinski definition) is 2. The van der Waals surface area contributed by atoms with Crippen LogP contribution >= 0.6 is 11.3 Å². The van der Waals surface area contributed by atoms with Crippen molar-refractivity contribution >= 4 is 23.1 Å². The third kappa shape index (κ3) is 3.32. The highest BCUT2D eigenvalue weighted by molar-refractivity contribution is 7.10. The third-order valence-electron chi connectivity index (χ3n) is 2.85. The van der Waals surface area contributed by atoms with E-state index in [9.17, 15) is 4.79 Å². The summed E-state index contributed by atoms with van der Waals surface area (Å²) in [5.41, 5.74) is 6.15. The molecule has 2 heterocycles. The summed E-state index contributed by atoms with van der Waals surface area (Å²) in [7, 11) is 0. The van der Waals surface area contributed by atoms with Gasteiger partial charge in [0.05, 0.1) is 11.6 Å². The molecule has 0 aliphatic heterocycles. The first-order chi connectivity index (χ1) is 9.22. The van der Waals surface area contributed by atoms with Gasteiger partial charge in [0.1, 0.15) is 5.82 Å². The van der Waals surface area contributed by atoms with Crippen LogP contribution in [0.25, 0.3) is 0 Å². The molecule has 0 saturated heterocycles. The van der Waals surface area contributed by atoms with Crippen molar-refractivity contribution < 1.29 is 4.79 Å². The molecule has 100 valence electrons.